The Balaban J connectivity index is 2.18. The Morgan fingerprint density at radius 3 is 2.08 bits per heavy atom. The van der Waals surface area contributed by atoms with E-state index in [1.165, 1.54) is 13.0 Å². The number of nitrogens with one attached hydrogen (secondary N) is 1. The standard InChI is InChI=1S/C36H44F5N3O4/c1-19(2)12-28(44-18-24(10-9-11-43(7)8)26(16-29(44)45)36(39,40)41)35(48)42-27(17-30(46)47)32-33(37)23(6)15-25(34(32)38)31-21(4)13-20(3)14-22(31)5/h13-16,18-19,27-28H,9-12,17H2,1-8H3,(H,42,48)(H,46,47). The number of pyridine rings is 1. The summed E-state index contributed by atoms with van der Waals surface area (Å²) in [5, 5.41) is 12.2. The number of aromatic nitrogens is 1. The van der Waals surface area contributed by atoms with Crippen molar-refractivity contribution in [2.45, 2.75) is 85.5 Å². The van der Waals surface area contributed by atoms with E-state index in [0.717, 1.165) is 16.3 Å². The number of carboxylic acid groups (broad SMARTS) is 1. The fraction of sp³-hybridized carbons (Fsp3) is 0.472. The molecule has 2 unspecified atom stereocenters. The molecular weight excluding hydrogens is 633 g/mol. The normalized spacial score (nSPS) is 13.2. The molecule has 3 rings (SSSR count). The van der Waals surface area contributed by atoms with E-state index < -0.39 is 64.9 Å². The number of rotatable bonds is 13. The van der Waals surface area contributed by atoms with Crippen molar-refractivity contribution in [2.75, 3.05) is 20.6 Å². The predicted molar refractivity (Wildman–Crippen MR) is 175 cm³/mol. The Bertz CT molecular complexity index is 1710. The van der Waals surface area contributed by atoms with Crippen LogP contribution < -0.4 is 10.9 Å². The van der Waals surface area contributed by atoms with Crippen molar-refractivity contribution in [3.8, 4) is 11.1 Å². The Labute approximate surface area is 277 Å². The summed E-state index contributed by atoms with van der Waals surface area (Å²) in [6.45, 7) is 10.8. The highest BCUT2D eigenvalue weighted by Crippen LogP contribution is 2.38. The van der Waals surface area contributed by atoms with Gasteiger partial charge in [-0.25, -0.2) is 8.78 Å². The van der Waals surface area contributed by atoms with Gasteiger partial charge in [0, 0.05) is 23.4 Å². The van der Waals surface area contributed by atoms with Gasteiger partial charge in [0.05, 0.1) is 18.0 Å². The molecule has 2 N–H and O–H groups in total. The number of carbonyl (C=O) groups is 2. The second-order valence-corrected chi connectivity index (χ2v) is 13.2. The second-order valence-electron chi connectivity index (χ2n) is 13.2. The molecule has 12 heteroatoms. The van der Waals surface area contributed by atoms with Gasteiger partial charge in [-0.05, 0) is 107 Å². The summed E-state index contributed by atoms with van der Waals surface area (Å²) in [6.07, 6.45) is -4.43. The van der Waals surface area contributed by atoms with Crippen molar-refractivity contribution in [3.63, 3.8) is 0 Å². The number of aliphatic carboxylic acids is 1. The number of hydrogen-bond donors (Lipinski definition) is 2. The number of benzene rings is 2. The van der Waals surface area contributed by atoms with E-state index in [1.807, 2.05) is 19.1 Å². The molecule has 1 aromatic heterocycles. The van der Waals surface area contributed by atoms with Gasteiger partial charge in [0.2, 0.25) is 5.91 Å². The Kier molecular flexibility index (Phi) is 12.3. The zero-order chi connectivity index (χ0) is 36.2. The molecular formula is C36H44F5N3O4. The predicted octanol–water partition coefficient (Wildman–Crippen LogP) is 7.46. The third-order valence-corrected chi connectivity index (χ3v) is 8.26. The first-order valence-electron chi connectivity index (χ1n) is 15.8. The van der Waals surface area contributed by atoms with Gasteiger partial charge < -0.3 is 19.9 Å². The molecule has 262 valence electrons. The van der Waals surface area contributed by atoms with E-state index in [1.54, 1.807) is 46.7 Å². The maximum absolute atomic E-state index is 16.4. The average molecular weight is 678 g/mol. The van der Waals surface area contributed by atoms with Crippen molar-refractivity contribution in [2.24, 2.45) is 5.92 Å². The fourth-order valence-corrected chi connectivity index (χ4v) is 6.24. The molecule has 3 aromatic rings. The van der Waals surface area contributed by atoms with Gasteiger partial charge in [0.15, 0.2) is 0 Å². The van der Waals surface area contributed by atoms with Crippen LogP contribution in [0, 0.1) is 45.2 Å². The van der Waals surface area contributed by atoms with Crippen LogP contribution in [0.1, 0.15) is 84.1 Å². The van der Waals surface area contributed by atoms with Crippen LogP contribution in [0.4, 0.5) is 22.0 Å². The van der Waals surface area contributed by atoms with Crippen molar-refractivity contribution in [1.82, 2.24) is 14.8 Å². The van der Waals surface area contributed by atoms with Gasteiger partial charge in [-0.15, -0.1) is 0 Å². The molecule has 0 aliphatic rings. The molecule has 48 heavy (non-hydrogen) atoms. The monoisotopic (exact) mass is 677 g/mol. The highest BCUT2D eigenvalue weighted by molar-refractivity contribution is 5.82. The first-order chi connectivity index (χ1) is 22.2. The third kappa shape index (κ3) is 9.09. The molecule has 1 heterocycles. The Morgan fingerprint density at radius 2 is 1.56 bits per heavy atom. The molecule has 0 aliphatic carbocycles. The lowest BCUT2D eigenvalue weighted by Crippen LogP contribution is -2.41. The lowest BCUT2D eigenvalue weighted by Gasteiger charge is -2.27. The molecule has 2 atom stereocenters. The van der Waals surface area contributed by atoms with Gasteiger partial charge in [0.1, 0.15) is 17.7 Å². The SMILES string of the molecule is Cc1cc(C)c(-c2cc(C)c(F)c(C(CC(=O)O)NC(=O)C(CC(C)C)n3cc(CCCN(C)C)c(C(F)(F)F)cc3=O)c2F)c(C)c1. The van der Waals surface area contributed by atoms with Crippen molar-refractivity contribution in [3.05, 3.63) is 91.4 Å². The van der Waals surface area contributed by atoms with E-state index in [-0.39, 0.29) is 35.4 Å². The van der Waals surface area contributed by atoms with Gasteiger partial charge in [-0.1, -0.05) is 31.5 Å². The largest absolute Gasteiger partial charge is 0.481 e. The lowest BCUT2D eigenvalue weighted by atomic mass is 9.88. The quantitative estimate of drug-likeness (QED) is 0.183. The van der Waals surface area contributed by atoms with E-state index in [9.17, 15) is 32.7 Å². The molecule has 0 fully saturated rings. The number of halogens is 5. The van der Waals surface area contributed by atoms with Crippen LogP contribution >= 0.6 is 0 Å². The highest BCUT2D eigenvalue weighted by atomic mass is 19.4. The van der Waals surface area contributed by atoms with Crippen molar-refractivity contribution in [1.29, 1.82) is 0 Å². The van der Waals surface area contributed by atoms with Crippen molar-refractivity contribution < 1.29 is 36.6 Å². The summed E-state index contributed by atoms with van der Waals surface area (Å²) in [4.78, 5) is 41.0. The molecule has 0 saturated heterocycles. The lowest BCUT2D eigenvalue weighted by molar-refractivity contribution is -0.139. The van der Waals surface area contributed by atoms with Crippen LogP contribution in [0.3, 0.4) is 0 Å². The maximum Gasteiger partial charge on any atom is 0.416 e. The van der Waals surface area contributed by atoms with E-state index >= 15 is 8.78 Å². The molecule has 1 amide bonds. The fourth-order valence-electron chi connectivity index (χ4n) is 6.24. The van der Waals surface area contributed by atoms with Gasteiger partial charge in [-0.2, -0.15) is 13.2 Å². The molecule has 0 spiro atoms. The number of carbonyl (C=O) groups excluding carboxylic acids is 1. The summed E-state index contributed by atoms with van der Waals surface area (Å²) in [6, 6.07) is 2.35. The second kappa shape index (κ2) is 15.4. The molecule has 7 nitrogen and oxygen atoms in total. The smallest absolute Gasteiger partial charge is 0.416 e. The van der Waals surface area contributed by atoms with Gasteiger partial charge >= 0.3 is 12.1 Å². The van der Waals surface area contributed by atoms with E-state index in [4.69, 9.17) is 0 Å². The van der Waals surface area contributed by atoms with Crippen LogP contribution in [0.15, 0.2) is 35.3 Å². The molecule has 2 aromatic carbocycles. The minimum atomic E-state index is -4.82. The van der Waals surface area contributed by atoms with Crippen LogP contribution in [0.5, 0.6) is 0 Å². The molecule has 0 bridgehead atoms. The topological polar surface area (TPSA) is 91.6 Å². The number of amides is 1. The molecule has 0 radical (unpaired) electrons. The van der Waals surface area contributed by atoms with Crippen LogP contribution in [0.2, 0.25) is 0 Å². The maximum atomic E-state index is 16.4. The summed E-state index contributed by atoms with van der Waals surface area (Å²) in [7, 11) is 3.54. The first kappa shape index (κ1) is 38.4. The highest BCUT2D eigenvalue weighted by Gasteiger charge is 2.36. The van der Waals surface area contributed by atoms with Gasteiger partial charge in [-0.3, -0.25) is 14.4 Å². The van der Waals surface area contributed by atoms with E-state index in [0.29, 0.717) is 35.7 Å². The zero-order valence-electron chi connectivity index (χ0n) is 28.6. The summed E-state index contributed by atoms with van der Waals surface area (Å²) in [5.74, 6) is -4.76. The molecule has 0 aliphatic heterocycles. The number of nitrogens with zero attached hydrogens (tertiary/aromatic N) is 2. The number of aryl methyl sites for hydroxylation is 5. The average Bonchev–Trinajstić information content (AvgIpc) is 2.93. The van der Waals surface area contributed by atoms with E-state index in [2.05, 4.69) is 5.32 Å². The van der Waals surface area contributed by atoms with Crippen LogP contribution in [-0.4, -0.2) is 47.1 Å². The third-order valence-electron chi connectivity index (χ3n) is 8.26. The summed E-state index contributed by atoms with van der Waals surface area (Å²) < 4.78 is 75.1. The van der Waals surface area contributed by atoms with Gasteiger partial charge in [0.25, 0.3) is 5.56 Å². The minimum absolute atomic E-state index is 0.0190. The molecule has 0 saturated carbocycles. The van der Waals surface area contributed by atoms with Crippen LogP contribution in [0.25, 0.3) is 11.1 Å². The van der Waals surface area contributed by atoms with Crippen LogP contribution in [-0.2, 0) is 22.2 Å². The number of hydrogen-bond acceptors (Lipinski definition) is 4. The summed E-state index contributed by atoms with van der Waals surface area (Å²) >= 11 is 0. The first-order valence-corrected chi connectivity index (χ1v) is 15.8. The number of alkyl halides is 3. The Morgan fingerprint density at radius 1 is 0.958 bits per heavy atom. The minimum Gasteiger partial charge on any atom is -0.481 e. The Hall–Kier alpha value is -4.06. The summed E-state index contributed by atoms with van der Waals surface area (Å²) in [5.41, 5.74) is -0.135. The van der Waals surface area contributed by atoms with Crippen molar-refractivity contribution >= 4 is 11.9 Å². The zero-order valence-corrected chi connectivity index (χ0v) is 28.6. The number of carboxylic acids is 1.